The number of benzene rings is 1. The van der Waals surface area contributed by atoms with E-state index in [-0.39, 0.29) is 6.04 Å². The van der Waals surface area contributed by atoms with E-state index < -0.39 is 10.0 Å². The van der Waals surface area contributed by atoms with E-state index in [4.69, 9.17) is 0 Å². The molecule has 6 nitrogen and oxygen atoms in total. The van der Waals surface area contributed by atoms with Gasteiger partial charge in [-0.05, 0) is 55.7 Å². The average molecular weight is 421 g/mol. The Morgan fingerprint density at radius 2 is 2.04 bits per heavy atom. The molecule has 3 aromatic rings. The molecule has 1 aliphatic heterocycles. The molecule has 25 heavy (non-hydrogen) atoms. The van der Waals surface area contributed by atoms with Gasteiger partial charge in [0.25, 0.3) is 0 Å². The fourth-order valence-corrected chi connectivity index (χ4v) is 5.27. The molecule has 0 radical (unpaired) electrons. The van der Waals surface area contributed by atoms with Crippen molar-refractivity contribution >= 4 is 31.6 Å². The molecule has 130 valence electrons. The van der Waals surface area contributed by atoms with Gasteiger partial charge in [0.2, 0.25) is 10.0 Å². The normalized spacial score (nSPS) is 18.9. The van der Waals surface area contributed by atoms with Crippen LogP contribution in [0.5, 0.6) is 0 Å². The first-order valence-corrected chi connectivity index (χ1v) is 10.3. The van der Waals surface area contributed by atoms with Crippen molar-refractivity contribution in [3.8, 4) is 0 Å². The highest BCUT2D eigenvalue weighted by molar-refractivity contribution is 9.10. The Morgan fingerprint density at radius 1 is 1.20 bits per heavy atom. The monoisotopic (exact) mass is 420 g/mol. The second-order valence-electron chi connectivity index (χ2n) is 6.17. The van der Waals surface area contributed by atoms with Gasteiger partial charge < -0.3 is 0 Å². The third-order valence-corrected chi connectivity index (χ3v) is 7.37. The summed E-state index contributed by atoms with van der Waals surface area (Å²) in [6.07, 6.45) is 3.42. The van der Waals surface area contributed by atoms with Crippen molar-refractivity contribution in [2.24, 2.45) is 0 Å². The van der Waals surface area contributed by atoms with Gasteiger partial charge in [-0.25, -0.2) is 8.42 Å². The Bertz CT molecular complexity index is 1050. The summed E-state index contributed by atoms with van der Waals surface area (Å²) in [5.74, 6) is 0.672. The fraction of sp³-hybridized carbons (Fsp3) is 0.294. The molecule has 1 saturated heterocycles. The zero-order valence-corrected chi connectivity index (χ0v) is 16.0. The minimum Gasteiger partial charge on any atom is -0.285 e. The molecule has 8 heteroatoms. The van der Waals surface area contributed by atoms with Gasteiger partial charge in [0.05, 0.1) is 10.9 Å². The molecule has 1 aliphatic rings. The molecule has 1 fully saturated rings. The molecule has 2 aromatic heterocycles. The maximum atomic E-state index is 13.2. The van der Waals surface area contributed by atoms with Crippen molar-refractivity contribution in [1.82, 2.24) is 18.9 Å². The summed E-state index contributed by atoms with van der Waals surface area (Å²) in [7, 11) is -3.59. The molecule has 3 heterocycles. The third kappa shape index (κ3) is 2.78. The van der Waals surface area contributed by atoms with E-state index in [9.17, 15) is 8.42 Å². The maximum Gasteiger partial charge on any atom is 0.243 e. The van der Waals surface area contributed by atoms with Gasteiger partial charge in [0.1, 0.15) is 0 Å². The Kier molecular flexibility index (Phi) is 4.13. The van der Waals surface area contributed by atoms with E-state index in [0.717, 1.165) is 28.5 Å². The van der Waals surface area contributed by atoms with Crippen LogP contribution in [0.2, 0.25) is 0 Å². The zero-order chi connectivity index (χ0) is 17.6. The molecule has 0 N–H and O–H groups in total. The van der Waals surface area contributed by atoms with E-state index in [1.165, 1.54) is 0 Å². The van der Waals surface area contributed by atoms with Crippen molar-refractivity contribution in [2.45, 2.75) is 30.7 Å². The highest BCUT2D eigenvalue weighted by atomic mass is 79.9. The number of pyridine rings is 1. The summed E-state index contributed by atoms with van der Waals surface area (Å²) in [6.45, 7) is 2.38. The number of nitrogens with zero attached hydrogens (tertiary/aromatic N) is 4. The van der Waals surface area contributed by atoms with Gasteiger partial charge in [-0.2, -0.15) is 4.31 Å². The van der Waals surface area contributed by atoms with Crippen LogP contribution >= 0.6 is 15.9 Å². The summed E-state index contributed by atoms with van der Waals surface area (Å²) in [5.41, 5.74) is 1.62. The summed E-state index contributed by atoms with van der Waals surface area (Å²) >= 11 is 3.42. The van der Waals surface area contributed by atoms with Gasteiger partial charge in [-0.3, -0.25) is 4.40 Å². The lowest BCUT2D eigenvalue weighted by atomic mass is 10.2. The lowest BCUT2D eigenvalue weighted by Crippen LogP contribution is -2.31. The molecule has 0 unspecified atom stereocenters. The standard InChI is InChI=1S/C17H17BrN4O2S/c1-12-11-13(7-8-14(12)18)25(23,24)22-10-4-5-15(22)17-20-19-16-6-2-3-9-21(16)17/h2-3,6-9,11,15H,4-5,10H2,1H3/t15-/m1/s1. The summed E-state index contributed by atoms with van der Waals surface area (Å²) in [4.78, 5) is 0.314. The predicted octanol–water partition coefficient (Wildman–Crippen LogP) is 3.33. The second kappa shape index (κ2) is 6.19. The minimum atomic E-state index is -3.59. The molecule has 0 bridgehead atoms. The zero-order valence-electron chi connectivity index (χ0n) is 13.6. The molecule has 1 atom stereocenters. The van der Waals surface area contributed by atoms with Gasteiger partial charge in [0.15, 0.2) is 11.5 Å². The van der Waals surface area contributed by atoms with Crippen LogP contribution in [0.25, 0.3) is 5.65 Å². The molecule has 0 aliphatic carbocycles. The topological polar surface area (TPSA) is 67.6 Å². The summed E-state index contributed by atoms with van der Waals surface area (Å²) in [6, 6.07) is 10.5. The largest absolute Gasteiger partial charge is 0.285 e. The SMILES string of the molecule is Cc1cc(S(=O)(=O)N2CCC[C@@H]2c2nnc3ccccn23)ccc1Br. The Morgan fingerprint density at radius 3 is 2.84 bits per heavy atom. The van der Waals surface area contributed by atoms with Crippen LogP contribution in [0, 0.1) is 6.92 Å². The lowest BCUT2D eigenvalue weighted by molar-refractivity contribution is 0.381. The summed E-state index contributed by atoms with van der Waals surface area (Å²) in [5, 5.41) is 8.43. The number of aromatic nitrogens is 3. The maximum absolute atomic E-state index is 13.2. The number of rotatable bonds is 3. The number of fused-ring (bicyclic) bond motifs is 1. The third-order valence-electron chi connectivity index (χ3n) is 4.58. The van der Waals surface area contributed by atoms with Crippen LogP contribution in [-0.2, 0) is 10.0 Å². The van der Waals surface area contributed by atoms with Crippen LogP contribution in [0.15, 0.2) is 52.0 Å². The molecule has 4 rings (SSSR count). The van der Waals surface area contributed by atoms with Crippen molar-refractivity contribution in [2.75, 3.05) is 6.54 Å². The lowest BCUT2D eigenvalue weighted by Gasteiger charge is -2.23. The number of sulfonamides is 1. The first kappa shape index (κ1) is 16.7. The van der Waals surface area contributed by atoms with Gasteiger partial charge >= 0.3 is 0 Å². The Balaban J connectivity index is 1.77. The van der Waals surface area contributed by atoms with Crippen LogP contribution in [-0.4, -0.2) is 33.9 Å². The van der Waals surface area contributed by atoms with Crippen LogP contribution in [0.4, 0.5) is 0 Å². The molecule has 0 amide bonds. The van der Waals surface area contributed by atoms with E-state index in [1.54, 1.807) is 22.5 Å². The number of hydrogen-bond donors (Lipinski definition) is 0. The molecular formula is C17H17BrN4O2S. The number of halogens is 1. The number of hydrogen-bond acceptors (Lipinski definition) is 4. The van der Waals surface area contributed by atoms with E-state index in [0.29, 0.717) is 17.3 Å². The van der Waals surface area contributed by atoms with Crippen LogP contribution < -0.4 is 0 Å². The first-order chi connectivity index (χ1) is 12.0. The van der Waals surface area contributed by atoms with E-state index >= 15 is 0 Å². The first-order valence-electron chi connectivity index (χ1n) is 8.06. The predicted molar refractivity (Wildman–Crippen MR) is 97.7 cm³/mol. The Labute approximate surface area is 154 Å². The fourth-order valence-electron chi connectivity index (χ4n) is 3.29. The quantitative estimate of drug-likeness (QED) is 0.651. The van der Waals surface area contributed by atoms with Gasteiger partial charge in [-0.1, -0.05) is 22.0 Å². The Hall–Kier alpha value is -1.77. The van der Waals surface area contributed by atoms with Crippen molar-refractivity contribution in [3.63, 3.8) is 0 Å². The van der Waals surface area contributed by atoms with E-state index in [2.05, 4.69) is 26.1 Å². The highest BCUT2D eigenvalue weighted by Crippen LogP contribution is 2.36. The second-order valence-corrected chi connectivity index (χ2v) is 8.92. The molecule has 0 saturated carbocycles. The van der Waals surface area contributed by atoms with Crippen LogP contribution in [0.1, 0.15) is 30.3 Å². The summed E-state index contributed by atoms with van der Waals surface area (Å²) < 4.78 is 30.7. The number of aryl methyl sites for hydroxylation is 1. The molecule has 1 aromatic carbocycles. The van der Waals surface area contributed by atoms with Crippen molar-refractivity contribution < 1.29 is 8.42 Å². The van der Waals surface area contributed by atoms with Gasteiger partial charge in [-0.15, -0.1) is 10.2 Å². The van der Waals surface area contributed by atoms with E-state index in [1.807, 2.05) is 35.7 Å². The van der Waals surface area contributed by atoms with Crippen molar-refractivity contribution in [3.05, 3.63) is 58.5 Å². The smallest absolute Gasteiger partial charge is 0.243 e. The molecule has 0 spiro atoms. The minimum absolute atomic E-state index is 0.300. The van der Waals surface area contributed by atoms with Crippen molar-refractivity contribution in [1.29, 1.82) is 0 Å². The average Bonchev–Trinajstić information content (AvgIpc) is 3.23. The highest BCUT2D eigenvalue weighted by Gasteiger charge is 2.38. The van der Waals surface area contributed by atoms with Gasteiger partial charge in [0, 0.05) is 17.2 Å². The van der Waals surface area contributed by atoms with Crippen LogP contribution in [0.3, 0.4) is 0 Å². The molecular weight excluding hydrogens is 404 g/mol.